The number of amides is 1. The molecule has 13 heteroatoms. The molecule has 2 radical (unpaired) electrons. The minimum Gasteiger partial charge on any atom is -0.434 e. The van der Waals surface area contributed by atoms with Gasteiger partial charge in [-0.25, -0.2) is 4.98 Å². The Bertz CT molecular complexity index is 1460. The summed E-state index contributed by atoms with van der Waals surface area (Å²) in [6, 6.07) is 7.97. The first kappa shape index (κ1) is 25.3. The van der Waals surface area contributed by atoms with Crippen LogP contribution in [-0.2, 0) is 9.31 Å². The molecule has 3 aliphatic heterocycles. The topological polar surface area (TPSA) is 106 Å². The van der Waals surface area contributed by atoms with Crippen molar-refractivity contribution in [3.8, 4) is 5.75 Å². The van der Waals surface area contributed by atoms with Crippen LogP contribution in [-0.4, -0.2) is 69.2 Å². The molecule has 0 aliphatic carbocycles. The molecule has 1 amide bonds. The summed E-state index contributed by atoms with van der Waals surface area (Å²) in [6.45, 7) is 4.66. The van der Waals surface area contributed by atoms with E-state index in [1.807, 2.05) is 39.8 Å². The second-order valence-corrected chi connectivity index (χ2v) is 10.9. The molecule has 2 unspecified atom stereocenters. The highest BCUT2D eigenvalue weighted by Gasteiger charge is 2.53. The fraction of sp³-hybridized carbons (Fsp3) is 0.440. The average Bonchev–Trinajstić information content (AvgIpc) is 3.37. The average molecular weight is 523 g/mol. The zero-order valence-electron chi connectivity index (χ0n) is 21.2. The molecule has 4 heterocycles. The molecule has 1 fully saturated rings. The number of carbonyl (C=O) groups is 1. The number of alkyl halides is 2. The van der Waals surface area contributed by atoms with Crippen molar-refractivity contribution in [3.05, 3.63) is 53.3 Å². The number of nitrogens with zero attached hydrogens (tertiary/aromatic N) is 3. The summed E-state index contributed by atoms with van der Waals surface area (Å²) < 4.78 is 45.8. The zero-order valence-corrected chi connectivity index (χ0v) is 21.2. The molecule has 0 spiro atoms. The number of imidazole rings is 1. The highest BCUT2D eigenvalue weighted by molar-refractivity contribution is 6.62. The van der Waals surface area contributed by atoms with E-state index in [2.05, 4.69) is 4.98 Å². The highest BCUT2D eigenvalue weighted by Crippen LogP contribution is 2.51. The van der Waals surface area contributed by atoms with E-state index in [-0.39, 0.29) is 23.3 Å². The summed E-state index contributed by atoms with van der Waals surface area (Å²) in [6.07, 6.45) is 0.113. The number of ether oxygens (including phenoxy) is 1. The molecule has 2 N–H and O–H groups in total. The van der Waals surface area contributed by atoms with Gasteiger partial charge in [0.1, 0.15) is 11.6 Å². The third kappa shape index (κ3) is 3.59. The van der Waals surface area contributed by atoms with Crippen LogP contribution in [0.15, 0.2) is 36.4 Å². The van der Waals surface area contributed by atoms with Gasteiger partial charge in [-0.1, -0.05) is 12.1 Å². The number of hydrogen-bond donors (Lipinski definition) is 2. The van der Waals surface area contributed by atoms with E-state index >= 15 is 0 Å². The molecule has 2 aromatic carbocycles. The molecular weight excluding hydrogens is 498 g/mol. The van der Waals surface area contributed by atoms with Crippen LogP contribution in [0.5, 0.6) is 5.75 Å². The predicted octanol–water partition coefficient (Wildman–Crippen LogP) is 2.19. The van der Waals surface area contributed by atoms with Crippen LogP contribution in [0, 0.1) is 0 Å². The van der Waals surface area contributed by atoms with E-state index in [1.54, 1.807) is 10.6 Å². The van der Waals surface area contributed by atoms with Gasteiger partial charge >= 0.3 is 13.7 Å². The first-order valence-corrected chi connectivity index (χ1v) is 12.2. The maximum absolute atomic E-state index is 13.5. The van der Waals surface area contributed by atoms with Gasteiger partial charge < -0.3 is 28.8 Å². The molecule has 3 aliphatic rings. The summed E-state index contributed by atoms with van der Waals surface area (Å²) >= 11 is 0. The fourth-order valence-electron chi connectivity index (χ4n) is 5.63. The Morgan fingerprint density at radius 3 is 2.47 bits per heavy atom. The standard InChI is InChI=1S/C25H25B2F2N3O6/c1-23(2)24(3,4)38-27(37-23)12-8-9-14-15(10-12)31-16-11-17(20(31)30-14)32(25(26,34)35)21(33)13-6-5-7-18(19(13)16)36-22(28)29/h5-10,16-17,22,34-35H,11H2,1-4H3. The van der Waals surface area contributed by atoms with Gasteiger partial charge in [0.15, 0.2) is 13.7 Å². The van der Waals surface area contributed by atoms with Gasteiger partial charge in [-0.3, -0.25) is 9.69 Å². The van der Waals surface area contributed by atoms with E-state index < -0.39 is 48.7 Å². The second-order valence-electron chi connectivity index (χ2n) is 10.9. The summed E-state index contributed by atoms with van der Waals surface area (Å²) in [5.74, 6) is -3.73. The summed E-state index contributed by atoms with van der Waals surface area (Å²) in [5, 5.41) is 20.8. The van der Waals surface area contributed by atoms with E-state index in [1.165, 1.54) is 18.2 Å². The highest BCUT2D eigenvalue weighted by atomic mass is 19.3. The van der Waals surface area contributed by atoms with Crippen LogP contribution in [0.3, 0.4) is 0 Å². The van der Waals surface area contributed by atoms with E-state index in [4.69, 9.17) is 21.9 Å². The first-order chi connectivity index (χ1) is 17.7. The van der Waals surface area contributed by atoms with Crippen molar-refractivity contribution in [2.45, 2.75) is 69.8 Å². The molecule has 196 valence electrons. The fourth-order valence-corrected chi connectivity index (χ4v) is 5.63. The van der Waals surface area contributed by atoms with Crippen molar-refractivity contribution in [2.24, 2.45) is 0 Å². The quantitative estimate of drug-likeness (QED) is 0.399. The smallest absolute Gasteiger partial charge is 0.434 e. The number of carbonyl (C=O) groups excluding carboxylic acids is 1. The van der Waals surface area contributed by atoms with Crippen molar-refractivity contribution < 1.29 is 37.8 Å². The van der Waals surface area contributed by atoms with Crippen molar-refractivity contribution in [1.82, 2.24) is 14.5 Å². The number of aliphatic hydroxyl groups is 2. The summed E-state index contributed by atoms with van der Waals surface area (Å²) in [7, 11) is 4.98. The Hall–Kier alpha value is -2.99. The number of rotatable bonds is 4. The van der Waals surface area contributed by atoms with Gasteiger partial charge in [0.05, 0.1) is 34.3 Å². The van der Waals surface area contributed by atoms with Crippen LogP contribution >= 0.6 is 0 Å². The van der Waals surface area contributed by atoms with Gasteiger partial charge in [-0.2, -0.15) is 8.78 Å². The molecule has 2 bridgehead atoms. The number of benzene rings is 2. The maximum atomic E-state index is 13.5. The molecule has 9 nitrogen and oxygen atoms in total. The zero-order chi connectivity index (χ0) is 27.4. The largest absolute Gasteiger partial charge is 0.494 e. The third-order valence-electron chi connectivity index (χ3n) is 8.05. The van der Waals surface area contributed by atoms with Crippen LogP contribution < -0.4 is 10.2 Å². The SMILES string of the molecule is [B]C(O)(O)N1C(=O)c2cccc(OC(F)F)c2C2CC1c1nc3ccc(B4OC(C)(C)C(C)(C)O4)cc3n12. The maximum Gasteiger partial charge on any atom is 0.494 e. The second kappa shape index (κ2) is 8.01. The Morgan fingerprint density at radius 1 is 1.16 bits per heavy atom. The lowest BCUT2D eigenvalue weighted by atomic mass is 9.79. The van der Waals surface area contributed by atoms with Crippen LogP contribution in [0.2, 0.25) is 0 Å². The van der Waals surface area contributed by atoms with Crippen molar-refractivity contribution in [2.75, 3.05) is 0 Å². The number of hydrogen-bond acceptors (Lipinski definition) is 7. The van der Waals surface area contributed by atoms with E-state index in [0.29, 0.717) is 16.9 Å². The minimum atomic E-state index is -3.13. The van der Waals surface area contributed by atoms with Crippen molar-refractivity contribution in [1.29, 1.82) is 0 Å². The van der Waals surface area contributed by atoms with Gasteiger partial charge in [-0.15, -0.1) is 0 Å². The lowest BCUT2D eigenvalue weighted by Crippen LogP contribution is -2.53. The Kier molecular flexibility index (Phi) is 5.33. The lowest BCUT2D eigenvalue weighted by molar-refractivity contribution is -0.190. The number of fused-ring (bicyclic) bond motifs is 9. The van der Waals surface area contributed by atoms with Gasteiger partial charge in [0, 0.05) is 17.5 Å². The molecule has 38 heavy (non-hydrogen) atoms. The van der Waals surface area contributed by atoms with Crippen LogP contribution in [0.4, 0.5) is 8.78 Å². The van der Waals surface area contributed by atoms with E-state index in [0.717, 1.165) is 10.4 Å². The van der Waals surface area contributed by atoms with Gasteiger partial charge in [0.2, 0.25) is 0 Å². The first-order valence-electron chi connectivity index (χ1n) is 12.2. The lowest BCUT2D eigenvalue weighted by Gasteiger charge is -2.37. The summed E-state index contributed by atoms with van der Waals surface area (Å²) in [5.41, 5.74) is 0.947. The number of halogens is 2. The van der Waals surface area contributed by atoms with Crippen LogP contribution in [0.1, 0.15) is 67.9 Å². The normalized spacial score (nSPS) is 23.7. The minimum absolute atomic E-state index is 0.0248. The molecule has 6 rings (SSSR count). The number of aromatic nitrogens is 2. The van der Waals surface area contributed by atoms with E-state index in [9.17, 15) is 23.8 Å². The molecule has 1 aromatic heterocycles. The van der Waals surface area contributed by atoms with Crippen LogP contribution in [0.25, 0.3) is 11.0 Å². The Labute approximate surface area is 218 Å². The molecular formula is C25H25B2F2N3O6. The van der Waals surface area contributed by atoms with Crippen molar-refractivity contribution >= 4 is 37.4 Å². The Balaban J connectivity index is 1.56. The third-order valence-corrected chi connectivity index (χ3v) is 8.05. The molecule has 3 aromatic rings. The van der Waals surface area contributed by atoms with Crippen molar-refractivity contribution in [3.63, 3.8) is 0 Å². The molecule has 2 atom stereocenters. The monoisotopic (exact) mass is 523 g/mol. The predicted molar refractivity (Wildman–Crippen MR) is 133 cm³/mol. The Morgan fingerprint density at radius 2 is 1.84 bits per heavy atom. The molecule has 1 saturated heterocycles. The summed E-state index contributed by atoms with van der Waals surface area (Å²) in [4.78, 5) is 18.9. The van der Waals surface area contributed by atoms with Gasteiger partial charge in [-0.05, 0) is 57.4 Å². The van der Waals surface area contributed by atoms with Gasteiger partial charge in [0.25, 0.3) is 5.91 Å². The molecule has 0 saturated carbocycles.